The van der Waals surface area contributed by atoms with Gasteiger partial charge in [-0.05, 0) is 39.0 Å². The molecule has 1 N–H and O–H groups in total. The number of carbonyl (C=O) groups excluding carboxylic acids is 1. The first kappa shape index (κ1) is 22.4. The van der Waals surface area contributed by atoms with E-state index in [4.69, 9.17) is 0 Å². The summed E-state index contributed by atoms with van der Waals surface area (Å²) in [6, 6.07) is 20.0. The Hall–Kier alpha value is -3.78. The highest BCUT2D eigenvalue weighted by Gasteiger charge is 2.17. The van der Waals surface area contributed by atoms with Crippen LogP contribution in [0.4, 0.5) is 0 Å². The van der Waals surface area contributed by atoms with Crippen LogP contribution in [0.2, 0.25) is 0 Å². The molecule has 166 valence electrons. The second kappa shape index (κ2) is 10.2. The van der Waals surface area contributed by atoms with Crippen LogP contribution in [-0.4, -0.2) is 37.1 Å². The minimum Gasteiger partial charge on any atom is -0.272 e. The lowest BCUT2D eigenvalue weighted by Crippen LogP contribution is -2.21. The van der Waals surface area contributed by atoms with Crippen LogP contribution in [-0.2, 0) is 4.79 Å². The van der Waals surface area contributed by atoms with Crippen molar-refractivity contribution in [3.63, 3.8) is 0 Å². The standard InChI is InChI=1S/C25H24N6OS/c1-17-6-10-20(11-7-17)24-29-30-25(31(24)22-12-8-18(2)9-13-22)33-16-23(32)28-27-19(3)21-5-4-14-26-15-21/h4-15H,16H2,1-3H3,(H,28,32). The topological polar surface area (TPSA) is 85.1 Å². The summed E-state index contributed by atoms with van der Waals surface area (Å²) in [6.45, 7) is 5.92. The van der Waals surface area contributed by atoms with Crippen LogP contribution in [0, 0.1) is 13.8 Å². The number of hydrazone groups is 1. The van der Waals surface area contributed by atoms with E-state index in [1.807, 2.05) is 86.0 Å². The third-order valence-electron chi connectivity index (χ3n) is 5.00. The van der Waals surface area contributed by atoms with Gasteiger partial charge in [0.25, 0.3) is 5.91 Å². The Bertz CT molecular complexity index is 1260. The highest BCUT2D eigenvalue weighted by molar-refractivity contribution is 7.99. The SMILES string of the molecule is CC(=NNC(=O)CSc1nnc(-c2ccc(C)cc2)n1-c1ccc(C)cc1)c1cccnc1. The van der Waals surface area contributed by atoms with Gasteiger partial charge in [-0.1, -0.05) is 65.4 Å². The zero-order chi connectivity index (χ0) is 23.2. The van der Waals surface area contributed by atoms with Crippen molar-refractivity contribution in [2.45, 2.75) is 25.9 Å². The predicted molar refractivity (Wildman–Crippen MR) is 132 cm³/mol. The minimum absolute atomic E-state index is 0.154. The summed E-state index contributed by atoms with van der Waals surface area (Å²) in [4.78, 5) is 16.5. The second-order valence-electron chi connectivity index (χ2n) is 7.61. The average molecular weight is 457 g/mol. The van der Waals surface area contributed by atoms with Crippen LogP contribution in [0.3, 0.4) is 0 Å². The third kappa shape index (κ3) is 5.53. The van der Waals surface area contributed by atoms with Gasteiger partial charge in [-0.2, -0.15) is 5.10 Å². The zero-order valence-corrected chi connectivity index (χ0v) is 19.5. The number of nitrogens with one attached hydrogen (secondary N) is 1. The summed E-state index contributed by atoms with van der Waals surface area (Å²) in [5.41, 5.74) is 8.39. The van der Waals surface area contributed by atoms with E-state index in [1.165, 1.54) is 22.9 Å². The highest BCUT2D eigenvalue weighted by Crippen LogP contribution is 2.28. The number of thioether (sulfide) groups is 1. The van der Waals surface area contributed by atoms with Crippen molar-refractivity contribution in [3.8, 4) is 17.1 Å². The molecule has 0 saturated heterocycles. The van der Waals surface area contributed by atoms with Crippen molar-refractivity contribution < 1.29 is 4.79 Å². The summed E-state index contributed by atoms with van der Waals surface area (Å²) < 4.78 is 1.98. The highest BCUT2D eigenvalue weighted by atomic mass is 32.2. The van der Waals surface area contributed by atoms with Crippen molar-refractivity contribution in [3.05, 3.63) is 89.7 Å². The molecule has 0 spiro atoms. The molecule has 8 heteroatoms. The Kier molecular flexibility index (Phi) is 6.95. The lowest BCUT2D eigenvalue weighted by molar-refractivity contribution is -0.118. The van der Waals surface area contributed by atoms with Crippen LogP contribution in [0.15, 0.2) is 83.3 Å². The quantitative estimate of drug-likeness (QED) is 0.250. The Morgan fingerprint density at radius 3 is 2.36 bits per heavy atom. The first-order chi connectivity index (χ1) is 16.0. The maximum absolute atomic E-state index is 12.4. The Labute approximate surface area is 197 Å². The normalized spacial score (nSPS) is 11.4. The van der Waals surface area contributed by atoms with Gasteiger partial charge in [0.2, 0.25) is 0 Å². The van der Waals surface area contributed by atoms with Crippen LogP contribution in [0.25, 0.3) is 17.1 Å². The van der Waals surface area contributed by atoms with Gasteiger partial charge in [0.1, 0.15) is 0 Å². The molecule has 0 aliphatic rings. The van der Waals surface area contributed by atoms with E-state index in [-0.39, 0.29) is 11.7 Å². The summed E-state index contributed by atoms with van der Waals surface area (Å²) in [5, 5.41) is 13.6. The predicted octanol–water partition coefficient (Wildman–Crippen LogP) is 4.58. The Morgan fingerprint density at radius 1 is 1.00 bits per heavy atom. The molecule has 0 atom stereocenters. The zero-order valence-electron chi connectivity index (χ0n) is 18.7. The molecule has 2 heterocycles. The van der Waals surface area contributed by atoms with E-state index in [1.54, 1.807) is 12.4 Å². The van der Waals surface area contributed by atoms with Gasteiger partial charge < -0.3 is 0 Å². The molecule has 0 fully saturated rings. The monoisotopic (exact) mass is 456 g/mol. The van der Waals surface area contributed by atoms with Crippen molar-refractivity contribution in [2.75, 3.05) is 5.75 Å². The van der Waals surface area contributed by atoms with Gasteiger partial charge in [-0.25, -0.2) is 5.43 Å². The van der Waals surface area contributed by atoms with Crippen molar-refractivity contribution in [1.82, 2.24) is 25.2 Å². The number of amides is 1. The summed E-state index contributed by atoms with van der Waals surface area (Å²) in [5.74, 6) is 0.660. The van der Waals surface area contributed by atoms with Crippen LogP contribution < -0.4 is 5.43 Å². The molecule has 2 aromatic heterocycles. The van der Waals surface area contributed by atoms with Gasteiger partial charge in [0.15, 0.2) is 11.0 Å². The number of pyridine rings is 1. The molecular weight excluding hydrogens is 432 g/mol. The van der Waals surface area contributed by atoms with E-state index < -0.39 is 0 Å². The van der Waals surface area contributed by atoms with Gasteiger partial charge >= 0.3 is 0 Å². The number of aromatic nitrogens is 4. The molecular formula is C25H24N6OS. The number of hydrogen-bond donors (Lipinski definition) is 1. The van der Waals surface area contributed by atoms with Gasteiger partial charge in [-0.3, -0.25) is 14.3 Å². The van der Waals surface area contributed by atoms with Crippen LogP contribution in [0.1, 0.15) is 23.6 Å². The molecule has 7 nitrogen and oxygen atoms in total. The Balaban J connectivity index is 1.54. The molecule has 0 aliphatic heterocycles. The second-order valence-corrected chi connectivity index (χ2v) is 8.55. The van der Waals surface area contributed by atoms with Crippen LogP contribution >= 0.6 is 11.8 Å². The minimum atomic E-state index is -0.224. The molecule has 33 heavy (non-hydrogen) atoms. The van der Waals surface area contributed by atoms with E-state index in [9.17, 15) is 4.79 Å². The fourth-order valence-corrected chi connectivity index (χ4v) is 3.87. The molecule has 1 amide bonds. The number of hydrogen-bond acceptors (Lipinski definition) is 6. The van der Waals surface area contributed by atoms with E-state index in [0.717, 1.165) is 22.6 Å². The van der Waals surface area contributed by atoms with E-state index >= 15 is 0 Å². The fourth-order valence-electron chi connectivity index (χ4n) is 3.13. The lowest BCUT2D eigenvalue weighted by atomic mass is 10.1. The molecule has 4 aromatic rings. The molecule has 0 saturated carbocycles. The summed E-state index contributed by atoms with van der Waals surface area (Å²) in [6.07, 6.45) is 3.40. The fraction of sp³-hybridized carbons (Fsp3) is 0.160. The van der Waals surface area contributed by atoms with E-state index in [0.29, 0.717) is 10.9 Å². The first-order valence-electron chi connectivity index (χ1n) is 10.5. The summed E-state index contributed by atoms with van der Waals surface area (Å²) in [7, 11) is 0. The molecule has 0 bridgehead atoms. The maximum Gasteiger partial charge on any atom is 0.250 e. The van der Waals surface area contributed by atoms with Crippen molar-refractivity contribution in [1.29, 1.82) is 0 Å². The average Bonchev–Trinajstić information content (AvgIpc) is 3.26. The number of benzene rings is 2. The van der Waals surface area contributed by atoms with E-state index in [2.05, 4.69) is 25.7 Å². The Morgan fingerprint density at radius 2 is 1.70 bits per heavy atom. The lowest BCUT2D eigenvalue weighted by Gasteiger charge is -2.11. The number of nitrogens with zero attached hydrogens (tertiary/aromatic N) is 5. The van der Waals surface area contributed by atoms with Gasteiger partial charge in [0, 0.05) is 29.2 Å². The van der Waals surface area contributed by atoms with Crippen LogP contribution in [0.5, 0.6) is 0 Å². The number of rotatable bonds is 7. The third-order valence-corrected chi connectivity index (χ3v) is 5.92. The molecule has 2 aromatic carbocycles. The number of carbonyl (C=O) groups is 1. The molecule has 0 aliphatic carbocycles. The smallest absolute Gasteiger partial charge is 0.250 e. The summed E-state index contributed by atoms with van der Waals surface area (Å²) >= 11 is 1.32. The first-order valence-corrected chi connectivity index (χ1v) is 11.5. The molecule has 0 radical (unpaired) electrons. The van der Waals surface area contributed by atoms with Crippen molar-refractivity contribution >= 4 is 23.4 Å². The van der Waals surface area contributed by atoms with Gasteiger partial charge in [-0.15, -0.1) is 10.2 Å². The maximum atomic E-state index is 12.4. The molecule has 4 rings (SSSR count). The number of aryl methyl sites for hydroxylation is 2. The van der Waals surface area contributed by atoms with Crippen molar-refractivity contribution in [2.24, 2.45) is 5.10 Å². The van der Waals surface area contributed by atoms with Gasteiger partial charge in [0.05, 0.1) is 11.5 Å². The largest absolute Gasteiger partial charge is 0.272 e. The molecule has 0 unspecified atom stereocenters.